The van der Waals surface area contributed by atoms with Gasteiger partial charge < -0.3 is 9.26 Å². The molecule has 4 rings (SSSR count). The molecule has 4 aromatic rings. The lowest BCUT2D eigenvalue weighted by molar-refractivity contribution is 0.367. The zero-order chi connectivity index (χ0) is 23.2. The first-order valence-electron chi connectivity index (χ1n) is 9.88. The molecule has 0 spiro atoms. The fourth-order valence-corrected chi connectivity index (χ4v) is 3.14. The first kappa shape index (κ1) is 22.3. The molecule has 0 bridgehead atoms. The van der Waals surface area contributed by atoms with Crippen LogP contribution in [0.1, 0.15) is 5.56 Å². The third-order valence-corrected chi connectivity index (χ3v) is 4.88. The van der Waals surface area contributed by atoms with Gasteiger partial charge in [-0.05, 0) is 47.1 Å². The molecule has 2 aromatic heterocycles. The highest BCUT2D eigenvalue weighted by atomic mass is 35.5. The Balaban J connectivity index is 1.74. The second-order valence-electron chi connectivity index (χ2n) is 6.90. The summed E-state index contributed by atoms with van der Waals surface area (Å²) in [5, 5.41) is 4.26. The van der Waals surface area contributed by atoms with Crippen molar-refractivity contribution in [2.75, 3.05) is 6.54 Å². The van der Waals surface area contributed by atoms with E-state index in [-0.39, 0.29) is 25.3 Å². The molecule has 0 aliphatic carbocycles. The summed E-state index contributed by atoms with van der Waals surface area (Å²) in [6.07, 6.45) is 1.40. The number of H-pyrrole nitrogens is 1. The van der Waals surface area contributed by atoms with Crippen molar-refractivity contribution in [3.05, 3.63) is 98.0 Å². The van der Waals surface area contributed by atoms with Crippen molar-refractivity contribution in [2.24, 2.45) is 10.8 Å². The predicted octanol–water partition coefficient (Wildman–Crippen LogP) is 1.52. The van der Waals surface area contributed by atoms with Crippen molar-refractivity contribution in [1.29, 1.82) is 0 Å². The van der Waals surface area contributed by atoms with Crippen LogP contribution in [0.4, 0.5) is 5.69 Å². The van der Waals surface area contributed by atoms with Crippen LogP contribution in [-0.2, 0) is 13.1 Å². The number of aromatic nitrogens is 4. The minimum absolute atomic E-state index is 0.0969. The molecular weight excluding hydrogens is 450 g/mol. The zero-order valence-electron chi connectivity index (χ0n) is 17.3. The lowest BCUT2D eigenvalue weighted by Crippen LogP contribution is -2.51. The highest BCUT2D eigenvalue weighted by Crippen LogP contribution is 2.22. The summed E-state index contributed by atoms with van der Waals surface area (Å²) in [6.45, 7) is 0.516. The molecule has 0 unspecified atom stereocenters. The van der Waals surface area contributed by atoms with Crippen molar-refractivity contribution < 1.29 is 9.26 Å². The van der Waals surface area contributed by atoms with Crippen molar-refractivity contribution in [3.8, 4) is 11.6 Å². The Bertz CT molecular complexity index is 1390. The van der Waals surface area contributed by atoms with E-state index in [1.807, 2.05) is 0 Å². The van der Waals surface area contributed by atoms with E-state index in [0.717, 1.165) is 10.1 Å². The average Bonchev–Trinajstić information content (AvgIpc) is 3.32. The number of benzene rings is 2. The van der Waals surface area contributed by atoms with E-state index in [4.69, 9.17) is 26.7 Å². The molecular formula is C21H20ClN7O4. The molecule has 11 nitrogen and oxygen atoms in total. The molecule has 2 aromatic carbocycles. The van der Waals surface area contributed by atoms with E-state index >= 15 is 0 Å². The summed E-state index contributed by atoms with van der Waals surface area (Å²) >= 11 is 5.97. The van der Waals surface area contributed by atoms with Crippen molar-refractivity contribution >= 4 is 17.3 Å². The Hall–Kier alpha value is -3.93. The molecule has 0 saturated carbocycles. The Morgan fingerprint density at radius 1 is 1.09 bits per heavy atom. The monoisotopic (exact) mass is 469 g/mol. The number of halogens is 1. The molecule has 170 valence electrons. The first-order chi connectivity index (χ1) is 16.0. The van der Waals surface area contributed by atoms with E-state index in [9.17, 15) is 9.59 Å². The minimum Gasteiger partial charge on any atom is -0.436 e. The van der Waals surface area contributed by atoms with Crippen LogP contribution in [0.3, 0.4) is 0 Å². The summed E-state index contributed by atoms with van der Waals surface area (Å²) in [7, 11) is 0. The highest BCUT2D eigenvalue weighted by Gasteiger charge is 2.10. The fourth-order valence-electron chi connectivity index (χ4n) is 3.02. The molecule has 0 radical (unpaired) electrons. The lowest BCUT2D eigenvalue weighted by Gasteiger charge is -2.11. The highest BCUT2D eigenvalue weighted by molar-refractivity contribution is 6.30. The Labute approximate surface area is 191 Å². The summed E-state index contributed by atoms with van der Waals surface area (Å²) in [6, 6.07) is 15.4. The van der Waals surface area contributed by atoms with Gasteiger partial charge in [0.2, 0.25) is 5.62 Å². The van der Waals surface area contributed by atoms with Crippen LogP contribution in [0, 0.1) is 0 Å². The number of nitrogens with two attached hydrogens (primary N) is 1. The second-order valence-corrected chi connectivity index (χ2v) is 7.34. The zero-order valence-corrected chi connectivity index (χ0v) is 18.0. The van der Waals surface area contributed by atoms with E-state index in [2.05, 4.69) is 20.6 Å². The van der Waals surface area contributed by atoms with Gasteiger partial charge in [0.05, 0.1) is 12.2 Å². The summed E-state index contributed by atoms with van der Waals surface area (Å²) in [5.74, 6) is 6.15. The van der Waals surface area contributed by atoms with Crippen molar-refractivity contribution in [3.63, 3.8) is 0 Å². The first-order valence-corrected chi connectivity index (χ1v) is 10.3. The van der Waals surface area contributed by atoms with E-state index in [1.54, 1.807) is 54.6 Å². The lowest BCUT2D eigenvalue weighted by atomic mass is 10.2. The van der Waals surface area contributed by atoms with Gasteiger partial charge in [0, 0.05) is 24.2 Å². The SMILES string of the molecule is NNCCn1c(=O)[nH]/c(=N\c2ccc(Oc3ccon3)cc2)n(Cc2ccc(Cl)cc2)c1=O. The standard InChI is InChI=1S/C21H20ClN7O4/c22-15-3-1-14(2-4-15)13-29-19(26-20(30)28(21(29)31)11-10-24-23)25-16-5-7-17(8-6-16)33-18-9-12-32-27-18/h1-9,12,24H,10-11,13,23H2,(H,25,26,30). The van der Waals surface area contributed by atoms with Crippen LogP contribution in [-0.4, -0.2) is 25.8 Å². The number of hydrogen-bond acceptors (Lipinski definition) is 8. The molecule has 0 atom stereocenters. The maximum absolute atomic E-state index is 13.1. The normalized spacial score (nSPS) is 11.6. The average molecular weight is 470 g/mol. The largest absolute Gasteiger partial charge is 0.436 e. The number of hydrazine groups is 1. The smallest absolute Gasteiger partial charge is 0.335 e. The Kier molecular flexibility index (Phi) is 6.83. The van der Waals surface area contributed by atoms with Gasteiger partial charge in [-0.1, -0.05) is 23.7 Å². The Morgan fingerprint density at radius 2 is 1.85 bits per heavy atom. The van der Waals surface area contributed by atoms with E-state index < -0.39 is 11.4 Å². The molecule has 0 aliphatic rings. The third kappa shape index (κ3) is 5.47. The number of hydrogen-bond donors (Lipinski definition) is 3. The fraction of sp³-hybridized carbons (Fsp3) is 0.143. The summed E-state index contributed by atoms with van der Waals surface area (Å²) < 4.78 is 12.7. The predicted molar refractivity (Wildman–Crippen MR) is 120 cm³/mol. The molecule has 0 aliphatic heterocycles. The molecule has 0 fully saturated rings. The van der Waals surface area contributed by atoms with Crippen molar-refractivity contribution in [1.82, 2.24) is 24.7 Å². The van der Waals surface area contributed by atoms with Gasteiger partial charge in [-0.25, -0.2) is 19.1 Å². The number of nitrogens with zero attached hydrogens (tertiary/aromatic N) is 4. The van der Waals surface area contributed by atoms with Crippen LogP contribution in [0.25, 0.3) is 0 Å². The molecule has 0 saturated heterocycles. The van der Waals surface area contributed by atoms with Crippen LogP contribution in [0.2, 0.25) is 5.02 Å². The third-order valence-electron chi connectivity index (χ3n) is 4.62. The summed E-state index contributed by atoms with van der Waals surface area (Å²) in [4.78, 5) is 32.8. The van der Waals surface area contributed by atoms with Crippen LogP contribution in [0.15, 0.2) is 80.0 Å². The molecule has 4 N–H and O–H groups in total. The number of rotatable bonds is 8. The van der Waals surface area contributed by atoms with Gasteiger partial charge in [0.15, 0.2) is 0 Å². The quantitative estimate of drug-likeness (QED) is 0.262. The maximum Gasteiger partial charge on any atom is 0.335 e. The minimum atomic E-state index is -0.590. The van der Waals surface area contributed by atoms with Crippen molar-refractivity contribution in [2.45, 2.75) is 13.1 Å². The second kappa shape index (κ2) is 10.1. The van der Waals surface area contributed by atoms with E-state index in [0.29, 0.717) is 22.3 Å². The summed E-state index contributed by atoms with van der Waals surface area (Å²) in [5.41, 5.74) is 2.74. The van der Waals surface area contributed by atoms with Crippen LogP contribution < -0.4 is 33.0 Å². The number of aromatic amines is 1. The maximum atomic E-state index is 13.1. The number of nitrogens with one attached hydrogen (secondary N) is 2. The topological polar surface area (TPSA) is 145 Å². The molecule has 2 heterocycles. The van der Waals surface area contributed by atoms with Gasteiger partial charge >= 0.3 is 11.4 Å². The molecule has 33 heavy (non-hydrogen) atoms. The van der Waals surface area contributed by atoms with Gasteiger partial charge in [0.25, 0.3) is 5.88 Å². The molecule has 0 amide bonds. The van der Waals surface area contributed by atoms with Crippen LogP contribution >= 0.6 is 11.6 Å². The van der Waals surface area contributed by atoms with E-state index in [1.165, 1.54) is 10.8 Å². The van der Waals surface area contributed by atoms with Gasteiger partial charge in [-0.2, -0.15) is 0 Å². The molecule has 12 heteroatoms. The van der Waals surface area contributed by atoms with Gasteiger partial charge in [-0.15, -0.1) is 0 Å². The van der Waals surface area contributed by atoms with Gasteiger partial charge in [0.1, 0.15) is 12.0 Å². The Morgan fingerprint density at radius 3 is 2.52 bits per heavy atom. The van der Waals surface area contributed by atoms with Gasteiger partial charge in [-0.3, -0.25) is 20.8 Å². The van der Waals surface area contributed by atoms with Crippen LogP contribution in [0.5, 0.6) is 11.6 Å². The number of ether oxygens (including phenoxy) is 1.